The largest absolute Gasteiger partial charge is 0.323 e. The molecular weight excluding hydrogens is 269 g/mol. The molecule has 0 amide bonds. The van der Waals surface area contributed by atoms with Crippen molar-refractivity contribution in [3.63, 3.8) is 0 Å². The molecule has 1 aliphatic heterocycles. The molecule has 0 radical (unpaired) electrons. The van der Waals surface area contributed by atoms with E-state index in [-0.39, 0.29) is 36.3 Å². The molecule has 0 unspecified atom stereocenters. The van der Waals surface area contributed by atoms with E-state index in [4.69, 9.17) is 5.73 Å². The van der Waals surface area contributed by atoms with Crippen LogP contribution in [0.15, 0.2) is 12.1 Å². The zero-order valence-corrected chi connectivity index (χ0v) is 12.2. The standard InChI is InChI=1S/C13H19N3.2ClH/c1-9-2-3-10-11(16-9)8-13(12(10)14)4-6-15-7-5-13;;/h2-3,12,15H,4-8,14H2,1H3;2*1H/t12-;;/m1../s1. The quantitative estimate of drug-likeness (QED) is 0.770. The third kappa shape index (κ3) is 2.37. The predicted molar refractivity (Wildman–Crippen MR) is 78.6 cm³/mol. The maximum atomic E-state index is 6.44. The Balaban J connectivity index is 0.000000810. The van der Waals surface area contributed by atoms with Gasteiger partial charge in [0.1, 0.15) is 0 Å². The van der Waals surface area contributed by atoms with Gasteiger partial charge in [-0.3, -0.25) is 4.98 Å². The van der Waals surface area contributed by atoms with Crippen LogP contribution in [0.25, 0.3) is 0 Å². The molecule has 1 atom stereocenters. The van der Waals surface area contributed by atoms with Gasteiger partial charge in [0.25, 0.3) is 0 Å². The Morgan fingerprint density at radius 1 is 1.28 bits per heavy atom. The smallest absolute Gasteiger partial charge is 0.0460 e. The first-order valence-corrected chi connectivity index (χ1v) is 6.14. The minimum Gasteiger partial charge on any atom is -0.323 e. The summed E-state index contributed by atoms with van der Waals surface area (Å²) in [5, 5.41) is 3.42. The molecule has 102 valence electrons. The zero-order chi connectivity index (χ0) is 11.2. The first-order valence-electron chi connectivity index (χ1n) is 6.14. The number of halogens is 2. The highest BCUT2D eigenvalue weighted by molar-refractivity contribution is 5.85. The summed E-state index contributed by atoms with van der Waals surface area (Å²) in [6, 6.07) is 4.45. The molecule has 1 aromatic rings. The number of aryl methyl sites for hydroxylation is 1. The fourth-order valence-electron chi connectivity index (χ4n) is 3.23. The maximum absolute atomic E-state index is 6.44. The lowest BCUT2D eigenvalue weighted by Crippen LogP contribution is -2.42. The summed E-state index contributed by atoms with van der Waals surface area (Å²) >= 11 is 0. The van der Waals surface area contributed by atoms with Gasteiger partial charge in [0, 0.05) is 17.4 Å². The SMILES string of the molecule is Cc1ccc2c(n1)CC1(CCNCC1)[C@@H]2N.Cl.Cl. The fraction of sp³-hybridized carbons (Fsp3) is 0.615. The lowest BCUT2D eigenvalue weighted by atomic mass is 9.74. The van der Waals surface area contributed by atoms with E-state index in [9.17, 15) is 0 Å². The number of piperidine rings is 1. The molecule has 0 saturated carbocycles. The van der Waals surface area contributed by atoms with Crippen LogP contribution >= 0.6 is 24.8 Å². The highest BCUT2D eigenvalue weighted by Crippen LogP contribution is 2.48. The van der Waals surface area contributed by atoms with Crippen LogP contribution < -0.4 is 11.1 Å². The number of nitrogens with zero attached hydrogens (tertiary/aromatic N) is 1. The summed E-state index contributed by atoms with van der Waals surface area (Å²) in [4.78, 5) is 4.65. The molecule has 3 N–H and O–H groups in total. The number of pyridine rings is 1. The van der Waals surface area contributed by atoms with Gasteiger partial charge in [0.2, 0.25) is 0 Å². The van der Waals surface area contributed by atoms with Crippen LogP contribution in [-0.4, -0.2) is 18.1 Å². The fourth-order valence-corrected chi connectivity index (χ4v) is 3.23. The molecule has 2 aliphatic rings. The molecule has 1 spiro atoms. The van der Waals surface area contributed by atoms with Crippen LogP contribution in [0, 0.1) is 12.3 Å². The highest BCUT2D eigenvalue weighted by atomic mass is 35.5. The second-order valence-electron chi connectivity index (χ2n) is 5.26. The van der Waals surface area contributed by atoms with E-state index in [1.807, 2.05) is 0 Å². The minimum atomic E-state index is 0. The van der Waals surface area contributed by atoms with Crippen molar-refractivity contribution in [2.75, 3.05) is 13.1 Å². The van der Waals surface area contributed by atoms with E-state index >= 15 is 0 Å². The van der Waals surface area contributed by atoms with Crippen molar-refractivity contribution >= 4 is 24.8 Å². The van der Waals surface area contributed by atoms with Gasteiger partial charge in [-0.25, -0.2) is 0 Å². The summed E-state index contributed by atoms with van der Waals surface area (Å²) in [6.45, 7) is 4.25. The van der Waals surface area contributed by atoms with Gasteiger partial charge in [-0.2, -0.15) is 0 Å². The number of nitrogens with two attached hydrogens (primary N) is 1. The summed E-state index contributed by atoms with van der Waals surface area (Å²) in [7, 11) is 0. The summed E-state index contributed by atoms with van der Waals surface area (Å²) in [6.07, 6.45) is 3.44. The number of hydrogen-bond donors (Lipinski definition) is 2. The molecule has 1 fully saturated rings. The highest BCUT2D eigenvalue weighted by Gasteiger charge is 2.45. The molecule has 3 nitrogen and oxygen atoms in total. The van der Waals surface area contributed by atoms with E-state index in [2.05, 4.69) is 29.4 Å². The van der Waals surface area contributed by atoms with Crippen LogP contribution in [0.5, 0.6) is 0 Å². The summed E-state index contributed by atoms with van der Waals surface area (Å²) in [5.74, 6) is 0. The van der Waals surface area contributed by atoms with Gasteiger partial charge in [-0.1, -0.05) is 6.07 Å². The zero-order valence-electron chi connectivity index (χ0n) is 10.6. The first-order chi connectivity index (χ1) is 7.71. The van der Waals surface area contributed by atoms with Crippen LogP contribution in [0.4, 0.5) is 0 Å². The van der Waals surface area contributed by atoms with E-state index in [0.717, 1.165) is 25.2 Å². The van der Waals surface area contributed by atoms with Gasteiger partial charge >= 0.3 is 0 Å². The Hall–Kier alpha value is -0.350. The monoisotopic (exact) mass is 289 g/mol. The molecule has 2 heterocycles. The number of nitrogens with one attached hydrogen (secondary N) is 1. The molecule has 0 bridgehead atoms. The molecule has 5 heteroatoms. The average Bonchev–Trinajstić information content (AvgIpc) is 2.53. The van der Waals surface area contributed by atoms with Gasteiger partial charge in [0.05, 0.1) is 0 Å². The van der Waals surface area contributed by atoms with E-state index in [1.54, 1.807) is 0 Å². The Kier molecular flexibility index (Phi) is 5.01. The van der Waals surface area contributed by atoms with Crippen LogP contribution in [0.1, 0.15) is 35.8 Å². The molecule has 1 aromatic heterocycles. The molecule has 18 heavy (non-hydrogen) atoms. The Bertz CT molecular complexity index is 417. The van der Waals surface area contributed by atoms with Crippen LogP contribution in [-0.2, 0) is 6.42 Å². The average molecular weight is 290 g/mol. The van der Waals surface area contributed by atoms with E-state index < -0.39 is 0 Å². The lowest BCUT2D eigenvalue weighted by Gasteiger charge is -2.37. The van der Waals surface area contributed by atoms with Crippen LogP contribution in [0.2, 0.25) is 0 Å². The lowest BCUT2D eigenvalue weighted by molar-refractivity contribution is 0.173. The van der Waals surface area contributed by atoms with Crippen molar-refractivity contribution in [2.24, 2.45) is 11.1 Å². The van der Waals surface area contributed by atoms with Gasteiger partial charge in [-0.15, -0.1) is 24.8 Å². The van der Waals surface area contributed by atoms with E-state index in [1.165, 1.54) is 24.1 Å². The van der Waals surface area contributed by atoms with Crippen molar-refractivity contribution < 1.29 is 0 Å². The normalized spacial score (nSPS) is 24.0. The van der Waals surface area contributed by atoms with Crippen molar-refractivity contribution in [1.29, 1.82) is 0 Å². The molecule has 0 aromatic carbocycles. The maximum Gasteiger partial charge on any atom is 0.0460 e. The second kappa shape index (κ2) is 5.74. The minimum absolute atomic E-state index is 0. The number of rotatable bonds is 0. The van der Waals surface area contributed by atoms with Crippen molar-refractivity contribution in [2.45, 2.75) is 32.2 Å². The predicted octanol–water partition coefficient (Wildman–Crippen LogP) is 2.16. The van der Waals surface area contributed by atoms with Crippen molar-refractivity contribution in [1.82, 2.24) is 10.3 Å². The molecule has 3 rings (SSSR count). The van der Waals surface area contributed by atoms with Gasteiger partial charge in [-0.05, 0) is 56.3 Å². The molecule has 1 aliphatic carbocycles. The third-order valence-electron chi connectivity index (χ3n) is 4.26. The van der Waals surface area contributed by atoms with Crippen molar-refractivity contribution in [3.05, 3.63) is 29.1 Å². The number of hydrogen-bond acceptors (Lipinski definition) is 3. The Morgan fingerprint density at radius 3 is 2.61 bits per heavy atom. The molecular formula is C13H21Cl2N3. The third-order valence-corrected chi connectivity index (χ3v) is 4.26. The second-order valence-corrected chi connectivity index (χ2v) is 5.26. The number of fused-ring (bicyclic) bond motifs is 1. The molecule has 1 saturated heterocycles. The van der Waals surface area contributed by atoms with Crippen molar-refractivity contribution in [3.8, 4) is 0 Å². The number of aromatic nitrogens is 1. The van der Waals surface area contributed by atoms with Crippen LogP contribution in [0.3, 0.4) is 0 Å². The first kappa shape index (κ1) is 15.7. The Morgan fingerprint density at radius 2 is 1.94 bits per heavy atom. The Labute approximate surface area is 121 Å². The van der Waals surface area contributed by atoms with Gasteiger partial charge < -0.3 is 11.1 Å². The van der Waals surface area contributed by atoms with Gasteiger partial charge in [0.15, 0.2) is 0 Å². The summed E-state index contributed by atoms with van der Waals surface area (Å²) < 4.78 is 0. The summed E-state index contributed by atoms with van der Waals surface area (Å²) in [5.41, 5.74) is 10.4. The van der Waals surface area contributed by atoms with E-state index in [0.29, 0.717) is 0 Å². The topological polar surface area (TPSA) is 50.9 Å².